The molecular formula is C26H33F4N5O2. The molecule has 1 saturated heterocycles. The van der Waals surface area contributed by atoms with Gasteiger partial charge in [-0.2, -0.15) is 13.2 Å². The first-order valence-corrected chi connectivity index (χ1v) is 12.0. The quantitative estimate of drug-likeness (QED) is 0.246. The number of hydrogen-bond acceptors (Lipinski definition) is 5. The number of alkyl halides is 4. The van der Waals surface area contributed by atoms with Crippen LogP contribution in [0.15, 0.2) is 72.1 Å². The molecule has 0 aromatic heterocycles. The maximum absolute atomic E-state index is 13.2. The summed E-state index contributed by atoms with van der Waals surface area (Å²) in [5, 5.41) is 6.87. The monoisotopic (exact) mass is 523 g/mol. The first-order valence-electron chi connectivity index (χ1n) is 12.0. The van der Waals surface area contributed by atoms with Gasteiger partial charge in [0.2, 0.25) is 0 Å². The summed E-state index contributed by atoms with van der Waals surface area (Å²) in [7, 11) is 0. The number of benzene rings is 2. The van der Waals surface area contributed by atoms with Gasteiger partial charge in [0.05, 0.1) is 31.0 Å². The molecule has 0 radical (unpaired) electrons. The fraction of sp³-hybridized carbons (Fsp3) is 0.423. The minimum absolute atomic E-state index is 0.0333. The number of rotatable bonds is 10. The van der Waals surface area contributed by atoms with Crippen molar-refractivity contribution < 1.29 is 27.1 Å². The summed E-state index contributed by atoms with van der Waals surface area (Å²) >= 11 is 0. The number of nitrogens with one attached hydrogen (secondary N) is 2. The van der Waals surface area contributed by atoms with Gasteiger partial charge in [-0.15, -0.1) is 0 Å². The Morgan fingerprint density at radius 2 is 1.76 bits per heavy atom. The van der Waals surface area contributed by atoms with E-state index >= 15 is 0 Å². The molecule has 2 amide bonds. The lowest BCUT2D eigenvalue weighted by Gasteiger charge is -2.28. The van der Waals surface area contributed by atoms with Gasteiger partial charge in [-0.1, -0.05) is 48.5 Å². The largest absolute Gasteiger partial charge is 0.401 e. The highest BCUT2D eigenvalue weighted by molar-refractivity contribution is 5.77. The van der Waals surface area contributed by atoms with Crippen LogP contribution in [0.4, 0.5) is 28.0 Å². The van der Waals surface area contributed by atoms with Crippen LogP contribution in [0.3, 0.4) is 0 Å². The number of amides is 2. The van der Waals surface area contributed by atoms with Gasteiger partial charge in [-0.3, -0.25) is 15.2 Å². The average Bonchev–Trinajstić information content (AvgIpc) is 3.26. The number of carbonyl (C=O) groups is 1. The Labute approximate surface area is 214 Å². The Kier molecular flexibility index (Phi) is 9.90. The summed E-state index contributed by atoms with van der Waals surface area (Å²) in [5.74, 6) is 6.23. The van der Waals surface area contributed by atoms with Crippen LogP contribution in [0.25, 0.3) is 0 Å². The molecule has 1 aliphatic rings. The van der Waals surface area contributed by atoms with Gasteiger partial charge >= 0.3 is 12.2 Å². The minimum Gasteiger partial charge on any atom is -0.371 e. The summed E-state index contributed by atoms with van der Waals surface area (Å²) < 4.78 is 57.4. The fourth-order valence-electron chi connectivity index (χ4n) is 4.37. The van der Waals surface area contributed by atoms with Crippen molar-refractivity contribution in [2.24, 2.45) is 5.84 Å². The van der Waals surface area contributed by atoms with Gasteiger partial charge in [-0.05, 0) is 37.1 Å². The SMILES string of the molecule is C/C(=C(\NC(=O)N[C@H]1CN(CC(F)(F)F)C[C@@H]1c1ccccc1)N(N)c1ccccc1)C(C)OCCF. The van der Waals surface area contributed by atoms with Gasteiger partial charge in [0.25, 0.3) is 0 Å². The van der Waals surface area contributed by atoms with E-state index in [1.807, 2.05) is 36.4 Å². The number of likely N-dealkylation sites (tertiary alicyclic amines) is 1. The van der Waals surface area contributed by atoms with E-state index in [0.29, 0.717) is 11.3 Å². The molecule has 0 aliphatic carbocycles. The average molecular weight is 524 g/mol. The number of nitrogens with two attached hydrogens (primary N) is 1. The number of para-hydroxylation sites is 1. The summed E-state index contributed by atoms with van der Waals surface area (Å²) in [5.41, 5.74) is 1.95. The van der Waals surface area contributed by atoms with E-state index in [1.165, 1.54) is 9.91 Å². The van der Waals surface area contributed by atoms with E-state index in [2.05, 4.69) is 10.6 Å². The zero-order valence-electron chi connectivity index (χ0n) is 20.8. The highest BCUT2D eigenvalue weighted by atomic mass is 19.4. The van der Waals surface area contributed by atoms with Crippen LogP contribution in [0.5, 0.6) is 0 Å². The first-order chi connectivity index (χ1) is 17.6. The molecule has 1 aliphatic heterocycles. The predicted molar refractivity (Wildman–Crippen MR) is 134 cm³/mol. The lowest BCUT2D eigenvalue weighted by molar-refractivity contribution is -0.143. The molecule has 7 nitrogen and oxygen atoms in total. The van der Waals surface area contributed by atoms with Crippen LogP contribution >= 0.6 is 0 Å². The topological polar surface area (TPSA) is 82.9 Å². The number of carbonyl (C=O) groups excluding carboxylic acids is 1. The molecule has 3 rings (SSSR count). The van der Waals surface area contributed by atoms with Crippen molar-refractivity contribution in [3.8, 4) is 0 Å². The molecule has 1 unspecified atom stereocenters. The molecule has 0 saturated carbocycles. The second-order valence-corrected chi connectivity index (χ2v) is 8.97. The number of hydrazine groups is 1. The summed E-state index contributed by atoms with van der Waals surface area (Å²) in [6.45, 7) is 1.75. The Morgan fingerprint density at radius 3 is 2.35 bits per heavy atom. The second-order valence-electron chi connectivity index (χ2n) is 8.97. The Bertz CT molecular complexity index is 1040. The Morgan fingerprint density at radius 1 is 1.14 bits per heavy atom. The molecule has 3 atom stereocenters. The molecule has 1 heterocycles. The van der Waals surface area contributed by atoms with Gasteiger partial charge in [0.15, 0.2) is 0 Å². The number of urea groups is 1. The second kappa shape index (κ2) is 12.9. The van der Waals surface area contributed by atoms with E-state index < -0.39 is 37.6 Å². The van der Waals surface area contributed by atoms with Gasteiger partial charge in [0, 0.05) is 19.0 Å². The highest BCUT2D eigenvalue weighted by Crippen LogP contribution is 2.30. The normalized spacial score (nSPS) is 19.8. The summed E-state index contributed by atoms with van der Waals surface area (Å²) in [4.78, 5) is 14.5. The van der Waals surface area contributed by atoms with Crippen molar-refractivity contribution in [2.75, 3.05) is 37.9 Å². The zero-order chi connectivity index (χ0) is 27.0. The third-order valence-electron chi connectivity index (χ3n) is 6.28. The zero-order valence-corrected chi connectivity index (χ0v) is 20.8. The Balaban J connectivity index is 1.82. The number of anilines is 1. The number of nitrogens with zero attached hydrogens (tertiary/aromatic N) is 2. The van der Waals surface area contributed by atoms with Gasteiger partial charge in [-0.25, -0.2) is 15.0 Å². The predicted octanol–water partition coefficient (Wildman–Crippen LogP) is 4.30. The summed E-state index contributed by atoms with van der Waals surface area (Å²) in [6, 6.07) is 16.8. The van der Waals surface area contributed by atoms with Crippen LogP contribution in [0.1, 0.15) is 25.3 Å². The third kappa shape index (κ3) is 8.17. The lowest BCUT2D eigenvalue weighted by Crippen LogP contribution is -2.49. The maximum Gasteiger partial charge on any atom is 0.401 e. The van der Waals surface area contributed by atoms with E-state index in [0.717, 1.165) is 5.56 Å². The van der Waals surface area contributed by atoms with Crippen LogP contribution < -0.4 is 21.5 Å². The van der Waals surface area contributed by atoms with E-state index in [4.69, 9.17) is 10.6 Å². The van der Waals surface area contributed by atoms with Crippen molar-refractivity contribution in [1.82, 2.24) is 15.5 Å². The molecule has 202 valence electrons. The molecular weight excluding hydrogens is 490 g/mol. The third-order valence-corrected chi connectivity index (χ3v) is 6.28. The fourth-order valence-corrected chi connectivity index (χ4v) is 4.37. The van der Waals surface area contributed by atoms with Crippen LogP contribution in [-0.4, -0.2) is 62.2 Å². The summed E-state index contributed by atoms with van der Waals surface area (Å²) in [6.07, 6.45) is -4.91. The molecule has 0 bridgehead atoms. The van der Waals surface area contributed by atoms with Crippen molar-refractivity contribution >= 4 is 11.7 Å². The van der Waals surface area contributed by atoms with E-state index in [1.54, 1.807) is 38.1 Å². The smallest absolute Gasteiger partial charge is 0.371 e. The minimum atomic E-state index is -4.35. The van der Waals surface area contributed by atoms with Crippen LogP contribution in [0, 0.1) is 0 Å². The molecule has 2 aromatic carbocycles. The molecule has 37 heavy (non-hydrogen) atoms. The Hall–Kier alpha value is -3.15. The van der Waals surface area contributed by atoms with Crippen molar-refractivity contribution in [3.05, 3.63) is 77.6 Å². The van der Waals surface area contributed by atoms with Gasteiger partial charge < -0.3 is 10.1 Å². The standard InChI is InChI=1S/C26H33F4N5O2/c1-18(19(2)37-14-13-27)24(35(31)21-11-7-4-8-12-21)33-25(36)32-23-16-34(17-26(28,29)30)15-22(23)20-9-5-3-6-10-20/h3-12,19,22-23H,13-17,31H2,1-2H3,(H2,32,33,36)/b24-18-/t19?,22-,23+/m1/s1. The number of ether oxygens (including phenoxy) is 1. The molecule has 2 aromatic rings. The van der Waals surface area contributed by atoms with E-state index in [-0.39, 0.29) is 31.4 Å². The van der Waals surface area contributed by atoms with Gasteiger partial charge in [0.1, 0.15) is 12.5 Å². The molecule has 0 spiro atoms. The van der Waals surface area contributed by atoms with Crippen molar-refractivity contribution in [2.45, 2.75) is 38.1 Å². The molecule has 4 N–H and O–H groups in total. The van der Waals surface area contributed by atoms with Crippen LogP contribution in [-0.2, 0) is 4.74 Å². The highest BCUT2D eigenvalue weighted by Gasteiger charge is 2.40. The van der Waals surface area contributed by atoms with Crippen molar-refractivity contribution in [1.29, 1.82) is 0 Å². The first kappa shape index (κ1) is 28.4. The maximum atomic E-state index is 13.2. The molecule has 11 heteroatoms. The van der Waals surface area contributed by atoms with Crippen LogP contribution in [0.2, 0.25) is 0 Å². The lowest BCUT2D eigenvalue weighted by atomic mass is 9.94. The number of halogens is 4. The molecule has 1 fully saturated rings. The number of hydrogen-bond donors (Lipinski definition) is 3. The van der Waals surface area contributed by atoms with E-state index in [9.17, 15) is 22.4 Å². The van der Waals surface area contributed by atoms with Crippen molar-refractivity contribution in [3.63, 3.8) is 0 Å².